The average molecular weight is 243 g/mol. The fourth-order valence-corrected chi connectivity index (χ4v) is 2.85. The highest BCUT2D eigenvalue weighted by molar-refractivity contribution is 5.87. The molecule has 1 aliphatic carbocycles. The lowest BCUT2D eigenvalue weighted by Crippen LogP contribution is -2.34. The molecule has 3 nitrogen and oxygen atoms in total. The van der Waals surface area contributed by atoms with E-state index in [1.807, 2.05) is 12.1 Å². The van der Waals surface area contributed by atoms with Gasteiger partial charge >= 0.3 is 5.97 Å². The maximum absolute atomic E-state index is 11.0. The van der Waals surface area contributed by atoms with Crippen LogP contribution < -0.4 is 0 Å². The van der Waals surface area contributed by atoms with Crippen molar-refractivity contribution in [3.63, 3.8) is 0 Å². The van der Waals surface area contributed by atoms with Gasteiger partial charge in [-0.05, 0) is 18.4 Å². The first-order valence-corrected chi connectivity index (χ1v) is 6.47. The van der Waals surface area contributed by atoms with E-state index >= 15 is 0 Å². The molecule has 3 heteroatoms. The lowest BCUT2D eigenvalue weighted by atomic mass is 10.1. The van der Waals surface area contributed by atoms with E-state index in [0.29, 0.717) is 24.1 Å². The molecule has 2 aliphatic rings. The van der Waals surface area contributed by atoms with E-state index in [2.05, 4.69) is 29.2 Å². The van der Waals surface area contributed by atoms with Crippen molar-refractivity contribution in [3.8, 4) is 0 Å². The quantitative estimate of drug-likeness (QED) is 0.885. The van der Waals surface area contributed by atoms with Crippen LogP contribution in [0.4, 0.5) is 0 Å². The molecule has 2 atom stereocenters. The second-order valence-electron chi connectivity index (χ2n) is 5.11. The van der Waals surface area contributed by atoms with Crippen molar-refractivity contribution in [1.29, 1.82) is 0 Å². The molecule has 3 rings (SSSR count). The Kier molecular flexibility index (Phi) is 2.92. The van der Waals surface area contributed by atoms with Crippen molar-refractivity contribution >= 4 is 5.97 Å². The first kappa shape index (κ1) is 11.5. The van der Waals surface area contributed by atoms with Crippen molar-refractivity contribution in [2.24, 2.45) is 0 Å². The van der Waals surface area contributed by atoms with Crippen molar-refractivity contribution < 1.29 is 9.90 Å². The van der Waals surface area contributed by atoms with Crippen molar-refractivity contribution in [2.45, 2.75) is 24.8 Å². The summed E-state index contributed by atoms with van der Waals surface area (Å²) < 4.78 is 0. The summed E-state index contributed by atoms with van der Waals surface area (Å²) in [5.74, 6) is -0.170. The Morgan fingerprint density at radius 2 is 2.06 bits per heavy atom. The van der Waals surface area contributed by atoms with Crippen molar-refractivity contribution in [3.05, 3.63) is 47.5 Å². The van der Waals surface area contributed by atoms with Gasteiger partial charge < -0.3 is 5.11 Å². The van der Waals surface area contributed by atoms with Gasteiger partial charge in [-0.1, -0.05) is 36.4 Å². The van der Waals surface area contributed by atoms with E-state index in [1.54, 1.807) is 0 Å². The molecule has 1 fully saturated rings. The minimum absolute atomic E-state index is 0.537. The Morgan fingerprint density at radius 1 is 1.28 bits per heavy atom. The van der Waals surface area contributed by atoms with Crippen LogP contribution in [0, 0.1) is 0 Å². The third-order valence-corrected chi connectivity index (χ3v) is 3.91. The molecule has 1 heterocycles. The second-order valence-corrected chi connectivity index (χ2v) is 5.11. The zero-order valence-corrected chi connectivity index (χ0v) is 10.2. The summed E-state index contributed by atoms with van der Waals surface area (Å²) in [5.41, 5.74) is 1.94. The third-order valence-electron chi connectivity index (χ3n) is 3.91. The second kappa shape index (κ2) is 4.58. The third kappa shape index (κ3) is 2.18. The van der Waals surface area contributed by atoms with Crippen molar-refractivity contribution in [1.82, 2.24) is 4.90 Å². The van der Waals surface area contributed by atoms with Crippen LogP contribution in [0.15, 0.2) is 42.0 Å². The summed E-state index contributed by atoms with van der Waals surface area (Å²) in [5, 5.41) is 9.05. The number of aliphatic carboxylic acids is 1. The summed E-state index contributed by atoms with van der Waals surface area (Å²) in [4.78, 5) is 13.3. The van der Waals surface area contributed by atoms with Crippen LogP contribution in [0.5, 0.6) is 0 Å². The zero-order valence-electron chi connectivity index (χ0n) is 10.2. The van der Waals surface area contributed by atoms with Crippen LogP contribution in [-0.4, -0.2) is 35.1 Å². The molecule has 1 aliphatic heterocycles. The highest BCUT2D eigenvalue weighted by Crippen LogP contribution is 2.45. The van der Waals surface area contributed by atoms with Gasteiger partial charge in [0.05, 0.1) is 0 Å². The SMILES string of the molecule is O=C(O)C1=CCCN(C2CC2c2ccccc2)C1. The molecule has 0 bridgehead atoms. The average Bonchev–Trinajstić information content (AvgIpc) is 3.20. The molecule has 0 saturated heterocycles. The van der Waals surface area contributed by atoms with Crippen molar-refractivity contribution in [2.75, 3.05) is 13.1 Å². The molecular formula is C15H17NO2. The number of hydrogen-bond donors (Lipinski definition) is 1. The number of nitrogens with zero attached hydrogens (tertiary/aromatic N) is 1. The molecule has 1 aromatic carbocycles. The van der Waals surface area contributed by atoms with Gasteiger partial charge in [-0.3, -0.25) is 4.90 Å². The van der Waals surface area contributed by atoms with Gasteiger partial charge in [-0.2, -0.15) is 0 Å². The van der Waals surface area contributed by atoms with Gasteiger partial charge in [-0.25, -0.2) is 4.79 Å². The lowest BCUT2D eigenvalue weighted by Gasteiger charge is -2.26. The molecule has 0 spiro atoms. The maximum Gasteiger partial charge on any atom is 0.332 e. The maximum atomic E-state index is 11.0. The van der Waals surface area contributed by atoms with E-state index in [0.717, 1.165) is 19.4 Å². The molecular weight excluding hydrogens is 226 g/mol. The van der Waals surface area contributed by atoms with Crippen LogP contribution in [0.3, 0.4) is 0 Å². The Balaban J connectivity index is 1.66. The van der Waals surface area contributed by atoms with E-state index in [4.69, 9.17) is 5.11 Å². The highest BCUT2D eigenvalue weighted by atomic mass is 16.4. The normalized spacial score (nSPS) is 27.7. The van der Waals surface area contributed by atoms with Gasteiger partial charge in [-0.15, -0.1) is 0 Å². The van der Waals surface area contributed by atoms with Gasteiger partial charge in [0.1, 0.15) is 0 Å². The number of hydrogen-bond acceptors (Lipinski definition) is 2. The zero-order chi connectivity index (χ0) is 12.5. The summed E-state index contributed by atoms with van der Waals surface area (Å²) in [7, 11) is 0. The standard InChI is InChI=1S/C15H17NO2/c17-15(18)12-7-4-8-16(10-12)14-9-13(14)11-5-2-1-3-6-11/h1-3,5-7,13-14H,4,8-10H2,(H,17,18). The lowest BCUT2D eigenvalue weighted by molar-refractivity contribution is -0.133. The topological polar surface area (TPSA) is 40.5 Å². The van der Waals surface area contributed by atoms with Gasteiger partial charge in [0, 0.05) is 30.6 Å². The summed E-state index contributed by atoms with van der Waals surface area (Å²) in [6.45, 7) is 1.59. The molecule has 1 saturated carbocycles. The summed E-state index contributed by atoms with van der Waals surface area (Å²) in [6, 6.07) is 11.1. The molecule has 0 amide bonds. The Hall–Kier alpha value is -1.61. The monoisotopic (exact) mass is 243 g/mol. The molecule has 1 aromatic rings. The molecule has 0 radical (unpaired) electrons. The largest absolute Gasteiger partial charge is 0.478 e. The fourth-order valence-electron chi connectivity index (χ4n) is 2.85. The first-order chi connectivity index (χ1) is 8.75. The predicted molar refractivity (Wildman–Crippen MR) is 69.5 cm³/mol. The molecule has 0 aromatic heterocycles. The smallest absolute Gasteiger partial charge is 0.332 e. The van der Waals surface area contributed by atoms with E-state index in [1.165, 1.54) is 5.56 Å². The molecule has 2 unspecified atom stereocenters. The van der Waals surface area contributed by atoms with Crippen LogP contribution in [0.25, 0.3) is 0 Å². The van der Waals surface area contributed by atoms with Crippen LogP contribution >= 0.6 is 0 Å². The number of benzene rings is 1. The number of carboxylic acid groups (broad SMARTS) is 1. The van der Waals surface area contributed by atoms with Crippen LogP contribution in [0.2, 0.25) is 0 Å². The summed E-state index contributed by atoms with van der Waals surface area (Å²) >= 11 is 0. The minimum atomic E-state index is -0.767. The van der Waals surface area contributed by atoms with E-state index < -0.39 is 5.97 Å². The van der Waals surface area contributed by atoms with Gasteiger partial charge in [0.25, 0.3) is 0 Å². The molecule has 94 valence electrons. The molecule has 1 N–H and O–H groups in total. The Bertz CT molecular complexity index is 481. The van der Waals surface area contributed by atoms with Crippen LogP contribution in [-0.2, 0) is 4.79 Å². The fraction of sp³-hybridized carbons (Fsp3) is 0.400. The van der Waals surface area contributed by atoms with Gasteiger partial charge in [0.15, 0.2) is 0 Å². The Morgan fingerprint density at radius 3 is 2.78 bits per heavy atom. The van der Waals surface area contributed by atoms with E-state index in [-0.39, 0.29) is 0 Å². The summed E-state index contributed by atoms with van der Waals surface area (Å²) in [6.07, 6.45) is 3.88. The number of carbonyl (C=O) groups is 1. The van der Waals surface area contributed by atoms with E-state index in [9.17, 15) is 4.79 Å². The van der Waals surface area contributed by atoms with Crippen LogP contribution in [0.1, 0.15) is 24.3 Å². The Labute approximate surface area is 107 Å². The minimum Gasteiger partial charge on any atom is -0.478 e. The van der Waals surface area contributed by atoms with Gasteiger partial charge in [0.2, 0.25) is 0 Å². The molecule has 18 heavy (non-hydrogen) atoms. The highest BCUT2D eigenvalue weighted by Gasteiger charge is 2.43. The number of rotatable bonds is 3. The predicted octanol–water partition coefficient (Wildman–Crippen LogP) is 2.26. The number of carboxylic acids is 1. The first-order valence-electron chi connectivity index (χ1n) is 6.47.